The van der Waals surface area contributed by atoms with Gasteiger partial charge in [0, 0.05) is 12.1 Å². The monoisotopic (exact) mass is 361 g/mol. The molecule has 0 aliphatic rings. The molecule has 0 bridgehead atoms. The van der Waals surface area contributed by atoms with Gasteiger partial charge >= 0.3 is 0 Å². The third kappa shape index (κ3) is 4.60. The lowest BCUT2D eigenvalue weighted by Gasteiger charge is -2.08. The molecule has 0 fully saturated rings. The van der Waals surface area contributed by atoms with Crippen LogP contribution in [0.3, 0.4) is 0 Å². The molecule has 0 unspecified atom stereocenters. The average Bonchev–Trinajstić information content (AvgIpc) is 2.54. The predicted molar refractivity (Wildman–Crippen MR) is 93.5 cm³/mol. The third-order valence-corrected chi connectivity index (χ3v) is 4.12. The third-order valence-electron chi connectivity index (χ3n) is 3.50. The number of nitrogens with one attached hydrogen (secondary N) is 1. The van der Waals surface area contributed by atoms with Crippen molar-refractivity contribution in [3.63, 3.8) is 0 Å². The van der Waals surface area contributed by atoms with Gasteiger partial charge in [-0.25, -0.2) is 0 Å². The number of carbonyl (C=O) groups is 1. The zero-order valence-corrected chi connectivity index (χ0v) is 14.4. The minimum absolute atomic E-state index is 0.0242. The molecule has 1 amide bonds. The highest BCUT2D eigenvalue weighted by molar-refractivity contribution is 9.10. The number of ether oxygens (including phenoxy) is 1. The van der Waals surface area contributed by atoms with E-state index in [1.165, 1.54) is 5.56 Å². The fourth-order valence-corrected chi connectivity index (χ4v) is 2.76. The van der Waals surface area contributed by atoms with Crippen molar-refractivity contribution < 1.29 is 9.53 Å². The summed E-state index contributed by atoms with van der Waals surface area (Å²) in [5.74, 6) is 0.820. The molecule has 4 heteroatoms. The molecular formula is C18H20BrNO2. The summed E-state index contributed by atoms with van der Waals surface area (Å²) in [6.45, 7) is 2.11. The Kier molecular flexibility index (Phi) is 6.01. The number of benzene rings is 2. The minimum atomic E-state index is 0.0242. The lowest BCUT2D eigenvalue weighted by atomic mass is 10.1. The van der Waals surface area contributed by atoms with Gasteiger partial charge in [0.25, 0.3) is 0 Å². The Morgan fingerprint density at radius 2 is 1.82 bits per heavy atom. The van der Waals surface area contributed by atoms with Crippen LogP contribution in [0, 0.1) is 0 Å². The number of halogens is 1. The summed E-state index contributed by atoms with van der Waals surface area (Å²) in [4.78, 5) is 12.0. The van der Waals surface area contributed by atoms with Gasteiger partial charge in [-0.2, -0.15) is 0 Å². The SMILES string of the molecule is CCc1ccc(NC(=O)CCc2ccc(OC)c(Br)c2)cc1. The van der Waals surface area contributed by atoms with E-state index < -0.39 is 0 Å². The summed E-state index contributed by atoms with van der Waals surface area (Å²) in [6, 6.07) is 13.8. The van der Waals surface area contributed by atoms with E-state index in [1.807, 2.05) is 42.5 Å². The van der Waals surface area contributed by atoms with Crippen molar-refractivity contribution in [3.05, 3.63) is 58.1 Å². The summed E-state index contributed by atoms with van der Waals surface area (Å²) in [5, 5.41) is 2.93. The molecule has 116 valence electrons. The number of rotatable bonds is 6. The number of hydrogen-bond donors (Lipinski definition) is 1. The predicted octanol–water partition coefficient (Wildman–Crippen LogP) is 4.59. The van der Waals surface area contributed by atoms with Crippen molar-refractivity contribution in [2.24, 2.45) is 0 Å². The van der Waals surface area contributed by atoms with Crippen LogP contribution < -0.4 is 10.1 Å². The number of methoxy groups -OCH3 is 1. The van der Waals surface area contributed by atoms with E-state index in [0.717, 1.165) is 27.9 Å². The van der Waals surface area contributed by atoms with Gasteiger partial charge in [0.1, 0.15) is 5.75 Å². The maximum atomic E-state index is 12.0. The van der Waals surface area contributed by atoms with Gasteiger partial charge in [-0.1, -0.05) is 25.1 Å². The van der Waals surface area contributed by atoms with Gasteiger partial charge in [0.2, 0.25) is 5.91 Å². The fraction of sp³-hybridized carbons (Fsp3) is 0.278. The van der Waals surface area contributed by atoms with E-state index in [4.69, 9.17) is 4.74 Å². The Hall–Kier alpha value is -1.81. The number of anilines is 1. The number of hydrogen-bond acceptors (Lipinski definition) is 2. The number of amides is 1. The quantitative estimate of drug-likeness (QED) is 0.816. The zero-order valence-electron chi connectivity index (χ0n) is 12.9. The normalized spacial score (nSPS) is 10.3. The fourth-order valence-electron chi connectivity index (χ4n) is 2.17. The lowest BCUT2D eigenvalue weighted by Crippen LogP contribution is -2.12. The van der Waals surface area contributed by atoms with Crippen molar-refractivity contribution in [2.45, 2.75) is 26.2 Å². The highest BCUT2D eigenvalue weighted by Gasteiger charge is 2.06. The molecule has 0 aromatic heterocycles. The van der Waals surface area contributed by atoms with Crippen LogP contribution in [0.25, 0.3) is 0 Å². The van der Waals surface area contributed by atoms with Crippen LogP contribution in [-0.4, -0.2) is 13.0 Å². The zero-order chi connectivity index (χ0) is 15.9. The topological polar surface area (TPSA) is 38.3 Å². The Morgan fingerprint density at radius 3 is 2.41 bits per heavy atom. The van der Waals surface area contributed by atoms with Crippen molar-refractivity contribution in [3.8, 4) is 5.75 Å². The van der Waals surface area contributed by atoms with Gasteiger partial charge in [0.15, 0.2) is 0 Å². The average molecular weight is 362 g/mol. The van der Waals surface area contributed by atoms with E-state index >= 15 is 0 Å². The van der Waals surface area contributed by atoms with Crippen LogP contribution in [0.15, 0.2) is 46.9 Å². The number of aryl methyl sites for hydroxylation is 2. The van der Waals surface area contributed by atoms with Crippen molar-refractivity contribution in [2.75, 3.05) is 12.4 Å². The molecule has 0 saturated heterocycles. The second-order valence-corrected chi connectivity index (χ2v) is 5.92. The van der Waals surface area contributed by atoms with Crippen LogP contribution in [0.5, 0.6) is 5.75 Å². The van der Waals surface area contributed by atoms with Crippen LogP contribution >= 0.6 is 15.9 Å². The van der Waals surface area contributed by atoms with Crippen LogP contribution in [-0.2, 0) is 17.6 Å². The van der Waals surface area contributed by atoms with Gasteiger partial charge < -0.3 is 10.1 Å². The molecule has 0 radical (unpaired) electrons. The Morgan fingerprint density at radius 1 is 1.14 bits per heavy atom. The second-order valence-electron chi connectivity index (χ2n) is 5.07. The Balaban J connectivity index is 1.88. The first-order chi connectivity index (χ1) is 10.6. The van der Waals surface area contributed by atoms with Crippen molar-refractivity contribution in [1.29, 1.82) is 0 Å². The Bertz CT molecular complexity index is 638. The summed E-state index contributed by atoms with van der Waals surface area (Å²) in [5.41, 5.74) is 3.21. The van der Waals surface area contributed by atoms with E-state index in [1.54, 1.807) is 7.11 Å². The minimum Gasteiger partial charge on any atom is -0.496 e. The van der Waals surface area contributed by atoms with E-state index in [0.29, 0.717) is 12.8 Å². The van der Waals surface area contributed by atoms with Crippen LogP contribution in [0.2, 0.25) is 0 Å². The molecule has 0 spiro atoms. The van der Waals surface area contributed by atoms with Crippen molar-refractivity contribution >= 4 is 27.5 Å². The molecule has 2 rings (SSSR count). The van der Waals surface area contributed by atoms with Gasteiger partial charge in [-0.05, 0) is 64.2 Å². The molecular weight excluding hydrogens is 342 g/mol. The molecule has 22 heavy (non-hydrogen) atoms. The summed E-state index contributed by atoms with van der Waals surface area (Å²) < 4.78 is 6.10. The largest absolute Gasteiger partial charge is 0.496 e. The molecule has 1 N–H and O–H groups in total. The van der Waals surface area contributed by atoms with Gasteiger partial charge in [0.05, 0.1) is 11.6 Å². The molecule has 0 aliphatic carbocycles. The summed E-state index contributed by atoms with van der Waals surface area (Å²) in [6.07, 6.45) is 2.15. The first-order valence-electron chi connectivity index (χ1n) is 7.33. The highest BCUT2D eigenvalue weighted by atomic mass is 79.9. The maximum Gasteiger partial charge on any atom is 0.224 e. The molecule has 2 aromatic rings. The standard InChI is InChI=1S/C18H20BrNO2/c1-3-13-4-8-15(9-5-13)20-18(21)11-7-14-6-10-17(22-2)16(19)12-14/h4-6,8-10,12H,3,7,11H2,1-2H3,(H,20,21). The lowest BCUT2D eigenvalue weighted by molar-refractivity contribution is -0.116. The van der Waals surface area contributed by atoms with Gasteiger partial charge in [-0.15, -0.1) is 0 Å². The van der Waals surface area contributed by atoms with Crippen molar-refractivity contribution in [1.82, 2.24) is 0 Å². The number of carbonyl (C=O) groups excluding carboxylic acids is 1. The highest BCUT2D eigenvalue weighted by Crippen LogP contribution is 2.26. The smallest absolute Gasteiger partial charge is 0.224 e. The molecule has 0 saturated carbocycles. The van der Waals surface area contributed by atoms with Gasteiger partial charge in [-0.3, -0.25) is 4.79 Å². The maximum absolute atomic E-state index is 12.0. The van der Waals surface area contributed by atoms with E-state index in [9.17, 15) is 4.79 Å². The van der Waals surface area contributed by atoms with E-state index in [2.05, 4.69) is 28.2 Å². The van der Waals surface area contributed by atoms with E-state index in [-0.39, 0.29) is 5.91 Å². The molecule has 0 heterocycles. The van der Waals surface area contributed by atoms with Crippen LogP contribution in [0.4, 0.5) is 5.69 Å². The molecule has 0 aliphatic heterocycles. The molecule has 0 atom stereocenters. The molecule has 2 aromatic carbocycles. The first-order valence-corrected chi connectivity index (χ1v) is 8.13. The summed E-state index contributed by atoms with van der Waals surface area (Å²) in [7, 11) is 1.64. The molecule has 3 nitrogen and oxygen atoms in total. The Labute approximate surface area is 139 Å². The second kappa shape index (κ2) is 7.99. The summed E-state index contributed by atoms with van der Waals surface area (Å²) >= 11 is 3.46. The first kappa shape index (κ1) is 16.6. The van der Waals surface area contributed by atoms with Crippen LogP contribution in [0.1, 0.15) is 24.5 Å².